The molecule has 0 aromatic heterocycles. The molecule has 5 heteroatoms. The number of hydrogen-bond donors (Lipinski definition) is 0. The smallest absolute Gasteiger partial charge is 0.744 e. The number of aryl methyl sites for hydroxylation is 1. The first-order chi connectivity index (χ1) is 6.25. The van der Waals surface area contributed by atoms with Gasteiger partial charge in [0.25, 0.3) is 0 Å². The summed E-state index contributed by atoms with van der Waals surface area (Å²) in [6.45, 7) is 7.20. The van der Waals surface area contributed by atoms with E-state index in [2.05, 4.69) is 0 Å². The second-order valence-corrected chi connectivity index (χ2v) is 4.87. The Kier molecular flexibility index (Phi) is 5.02. The summed E-state index contributed by atoms with van der Waals surface area (Å²) in [5.41, 5.74) is 3.31. The topological polar surface area (TPSA) is 57.2 Å². The molecule has 15 heavy (non-hydrogen) atoms. The van der Waals surface area contributed by atoms with Gasteiger partial charge in [0.15, 0.2) is 0 Å². The quantitative estimate of drug-likeness (QED) is 0.456. The Bertz CT molecular complexity index is 478. The normalized spacial score (nSPS) is 11.0. The minimum absolute atomic E-state index is 0. The van der Waals surface area contributed by atoms with Crippen molar-refractivity contribution in [3.8, 4) is 0 Å². The predicted octanol–water partition coefficient (Wildman–Crippen LogP) is -1.17. The van der Waals surface area contributed by atoms with E-state index in [1.54, 1.807) is 13.8 Å². The van der Waals surface area contributed by atoms with Crippen molar-refractivity contribution in [2.24, 2.45) is 0 Å². The van der Waals surface area contributed by atoms with E-state index in [4.69, 9.17) is 0 Å². The van der Waals surface area contributed by atoms with E-state index in [0.717, 1.165) is 16.7 Å². The molecule has 78 valence electrons. The van der Waals surface area contributed by atoms with Gasteiger partial charge in [-0.1, -0.05) is 0 Å². The Morgan fingerprint density at radius 1 is 1.00 bits per heavy atom. The largest absolute Gasteiger partial charge is 1.00 e. The SMILES string of the molecule is Cc1cc(S(=O)(=O)[O-])c(C)c(C)c1C.[Na+]. The van der Waals surface area contributed by atoms with Crippen LogP contribution in [-0.2, 0) is 10.1 Å². The fourth-order valence-corrected chi connectivity index (χ4v) is 2.28. The molecule has 0 N–H and O–H groups in total. The molecule has 1 aromatic carbocycles. The zero-order valence-corrected chi connectivity index (χ0v) is 12.5. The van der Waals surface area contributed by atoms with E-state index in [-0.39, 0.29) is 34.5 Å². The Labute approximate surface area is 113 Å². The molecule has 1 aromatic rings. The van der Waals surface area contributed by atoms with Crippen LogP contribution in [0.3, 0.4) is 0 Å². The first-order valence-electron chi connectivity index (χ1n) is 4.28. The molecular weight excluding hydrogens is 223 g/mol. The van der Waals surface area contributed by atoms with Gasteiger partial charge in [0.05, 0.1) is 4.90 Å². The van der Waals surface area contributed by atoms with Crippen LogP contribution in [0.5, 0.6) is 0 Å². The van der Waals surface area contributed by atoms with Gasteiger partial charge in [-0.3, -0.25) is 0 Å². The molecule has 0 spiro atoms. The summed E-state index contributed by atoms with van der Waals surface area (Å²) in [4.78, 5) is -0.0990. The third-order valence-electron chi connectivity index (χ3n) is 2.70. The third-order valence-corrected chi connectivity index (χ3v) is 3.67. The van der Waals surface area contributed by atoms with E-state index in [1.807, 2.05) is 13.8 Å². The van der Waals surface area contributed by atoms with E-state index < -0.39 is 10.1 Å². The van der Waals surface area contributed by atoms with Gasteiger partial charge in [-0.15, -0.1) is 0 Å². The minimum Gasteiger partial charge on any atom is -0.744 e. The van der Waals surface area contributed by atoms with Crippen LogP contribution in [0.4, 0.5) is 0 Å². The molecule has 0 aliphatic carbocycles. The second kappa shape index (κ2) is 4.97. The van der Waals surface area contributed by atoms with E-state index in [0.29, 0.717) is 5.56 Å². The Morgan fingerprint density at radius 3 is 1.87 bits per heavy atom. The zero-order valence-electron chi connectivity index (χ0n) is 9.71. The van der Waals surface area contributed by atoms with Crippen molar-refractivity contribution in [2.45, 2.75) is 32.6 Å². The monoisotopic (exact) mass is 236 g/mol. The molecule has 0 radical (unpaired) electrons. The van der Waals surface area contributed by atoms with Crippen LogP contribution in [0.15, 0.2) is 11.0 Å². The van der Waals surface area contributed by atoms with E-state index in [9.17, 15) is 13.0 Å². The van der Waals surface area contributed by atoms with E-state index >= 15 is 0 Å². The van der Waals surface area contributed by atoms with Gasteiger partial charge >= 0.3 is 29.6 Å². The molecule has 3 nitrogen and oxygen atoms in total. The zero-order chi connectivity index (χ0) is 11.1. The minimum atomic E-state index is -4.35. The van der Waals surface area contributed by atoms with Gasteiger partial charge in [0.2, 0.25) is 0 Å². The molecule has 0 heterocycles. The van der Waals surface area contributed by atoms with Crippen LogP contribution in [0, 0.1) is 27.7 Å². The molecule has 0 unspecified atom stereocenters. The summed E-state index contributed by atoms with van der Waals surface area (Å²) in [7, 11) is -4.35. The average Bonchev–Trinajstić information content (AvgIpc) is 2.06. The number of rotatable bonds is 1. The average molecular weight is 236 g/mol. The second-order valence-electron chi connectivity index (χ2n) is 3.52. The first-order valence-corrected chi connectivity index (χ1v) is 5.69. The van der Waals surface area contributed by atoms with Crippen LogP contribution in [0.25, 0.3) is 0 Å². The van der Waals surface area contributed by atoms with Crippen molar-refractivity contribution in [1.82, 2.24) is 0 Å². The summed E-state index contributed by atoms with van der Waals surface area (Å²) in [6.07, 6.45) is 0. The summed E-state index contributed by atoms with van der Waals surface area (Å²) in [5.74, 6) is 0. The number of benzene rings is 1. The van der Waals surface area contributed by atoms with Gasteiger partial charge in [-0.05, 0) is 56.0 Å². The van der Waals surface area contributed by atoms with Crippen molar-refractivity contribution >= 4 is 10.1 Å². The molecule has 0 saturated carbocycles. The van der Waals surface area contributed by atoms with Crippen LogP contribution < -0.4 is 29.6 Å². The van der Waals surface area contributed by atoms with Crippen LogP contribution >= 0.6 is 0 Å². The van der Waals surface area contributed by atoms with Crippen LogP contribution in [0.1, 0.15) is 22.3 Å². The summed E-state index contributed by atoms with van der Waals surface area (Å²) < 4.78 is 32.7. The first kappa shape index (κ1) is 15.1. The van der Waals surface area contributed by atoms with Gasteiger partial charge in [-0.2, -0.15) is 0 Å². The Hall–Kier alpha value is 0.130. The van der Waals surface area contributed by atoms with Crippen molar-refractivity contribution < 1.29 is 42.5 Å². The van der Waals surface area contributed by atoms with Gasteiger partial charge in [0.1, 0.15) is 10.1 Å². The fraction of sp³-hybridized carbons (Fsp3) is 0.400. The molecule has 0 fully saturated rings. The summed E-state index contributed by atoms with van der Waals surface area (Å²) in [6, 6.07) is 1.44. The summed E-state index contributed by atoms with van der Waals surface area (Å²) >= 11 is 0. The molecular formula is C10H13NaO3S. The van der Waals surface area contributed by atoms with Crippen molar-refractivity contribution in [2.75, 3.05) is 0 Å². The van der Waals surface area contributed by atoms with Crippen molar-refractivity contribution in [1.29, 1.82) is 0 Å². The standard InChI is InChI=1S/C10H14O3S.Na/c1-6-5-10(14(11,12)13)9(4)8(3)7(6)2;/h5H,1-4H3,(H,11,12,13);/q;+1/p-1. The number of hydrogen-bond acceptors (Lipinski definition) is 3. The van der Waals surface area contributed by atoms with Crippen molar-refractivity contribution in [3.05, 3.63) is 28.3 Å². The fourth-order valence-electron chi connectivity index (χ4n) is 1.43. The molecule has 0 aliphatic heterocycles. The predicted molar refractivity (Wildman–Crippen MR) is 53.4 cm³/mol. The molecule has 0 saturated heterocycles. The van der Waals surface area contributed by atoms with Crippen LogP contribution in [0.2, 0.25) is 0 Å². The van der Waals surface area contributed by atoms with Crippen molar-refractivity contribution in [3.63, 3.8) is 0 Å². The molecule has 1 rings (SSSR count). The maximum Gasteiger partial charge on any atom is 1.00 e. The Morgan fingerprint density at radius 2 is 1.47 bits per heavy atom. The van der Waals surface area contributed by atoms with Gasteiger partial charge in [-0.25, -0.2) is 8.42 Å². The van der Waals surface area contributed by atoms with E-state index in [1.165, 1.54) is 6.07 Å². The summed E-state index contributed by atoms with van der Waals surface area (Å²) in [5, 5.41) is 0. The molecule has 0 amide bonds. The molecule has 0 atom stereocenters. The Balaban J connectivity index is 0.00000196. The molecule has 0 bridgehead atoms. The molecule has 0 aliphatic rings. The van der Waals surface area contributed by atoms with Gasteiger partial charge < -0.3 is 4.55 Å². The maximum atomic E-state index is 10.9. The maximum absolute atomic E-state index is 10.9. The van der Waals surface area contributed by atoms with Crippen LogP contribution in [-0.4, -0.2) is 13.0 Å². The van der Waals surface area contributed by atoms with Gasteiger partial charge in [0, 0.05) is 0 Å². The third kappa shape index (κ3) is 3.04.